The highest BCUT2D eigenvalue weighted by Crippen LogP contribution is 2.28. The summed E-state index contributed by atoms with van der Waals surface area (Å²) in [6.45, 7) is 5.88. The summed E-state index contributed by atoms with van der Waals surface area (Å²) >= 11 is 0. The fourth-order valence-electron chi connectivity index (χ4n) is 2.27. The van der Waals surface area contributed by atoms with Crippen LogP contribution in [0.3, 0.4) is 0 Å². The minimum Gasteiger partial charge on any atom is -0.299 e. The lowest BCUT2D eigenvalue weighted by molar-refractivity contribution is -0.125. The Labute approximate surface area is 103 Å². The van der Waals surface area contributed by atoms with Gasteiger partial charge in [-0.05, 0) is 18.9 Å². The Morgan fingerprint density at radius 2 is 2.06 bits per heavy atom. The third-order valence-corrected chi connectivity index (χ3v) is 3.54. The van der Waals surface area contributed by atoms with Crippen LogP contribution in [-0.2, 0) is 11.2 Å². The molecule has 0 aliphatic heterocycles. The van der Waals surface area contributed by atoms with Gasteiger partial charge in [0.1, 0.15) is 5.78 Å². The maximum absolute atomic E-state index is 11.9. The van der Waals surface area contributed by atoms with E-state index in [0.717, 1.165) is 5.69 Å². The van der Waals surface area contributed by atoms with Gasteiger partial charge >= 0.3 is 0 Å². The molecule has 0 atom stereocenters. The smallest absolute Gasteiger partial charge is 0.144 e. The molecule has 1 aromatic rings. The summed E-state index contributed by atoms with van der Waals surface area (Å²) in [4.78, 5) is 11.9. The molecule has 0 radical (unpaired) electrons. The van der Waals surface area contributed by atoms with E-state index >= 15 is 0 Å². The van der Waals surface area contributed by atoms with Crippen LogP contribution in [0.2, 0.25) is 0 Å². The van der Waals surface area contributed by atoms with E-state index in [-0.39, 0.29) is 11.2 Å². The first-order valence-corrected chi connectivity index (χ1v) is 6.54. The molecule has 0 unspecified atom stereocenters. The van der Waals surface area contributed by atoms with Crippen molar-refractivity contribution in [3.8, 4) is 0 Å². The summed E-state index contributed by atoms with van der Waals surface area (Å²) in [5.74, 6) is 0.258. The van der Waals surface area contributed by atoms with E-state index in [2.05, 4.69) is 9.78 Å². The third kappa shape index (κ3) is 2.96. The van der Waals surface area contributed by atoms with Gasteiger partial charge in [0.25, 0.3) is 0 Å². The van der Waals surface area contributed by atoms with Crippen molar-refractivity contribution < 1.29 is 4.79 Å². The van der Waals surface area contributed by atoms with Crippen LogP contribution in [0.15, 0.2) is 12.3 Å². The molecule has 0 saturated heterocycles. The largest absolute Gasteiger partial charge is 0.299 e. The zero-order valence-electron chi connectivity index (χ0n) is 11.1. The molecule has 1 aliphatic rings. The van der Waals surface area contributed by atoms with E-state index in [1.54, 1.807) is 0 Å². The quantitative estimate of drug-likeness (QED) is 0.805. The second-order valence-corrected chi connectivity index (χ2v) is 6.08. The van der Waals surface area contributed by atoms with E-state index < -0.39 is 0 Å². The minimum absolute atomic E-state index is 0.258. The SMILES string of the molecule is CC(C)(C)C(=O)Cc1ccn(C2CCCC2)n1. The molecule has 0 spiro atoms. The fourth-order valence-corrected chi connectivity index (χ4v) is 2.27. The van der Waals surface area contributed by atoms with Gasteiger partial charge < -0.3 is 0 Å². The van der Waals surface area contributed by atoms with Crippen molar-refractivity contribution in [2.24, 2.45) is 5.41 Å². The highest BCUT2D eigenvalue weighted by molar-refractivity contribution is 5.85. The van der Waals surface area contributed by atoms with Gasteiger partial charge in [0.15, 0.2) is 0 Å². The summed E-state index contributed by atoms with van der Waals surface area (Å²) in [5, 5.41) is 4.54. The lowest BCUT2D eigenvalue weighted by Crippen LogP contribution is -2.22. The fraction of sp³-hybridized carbons (Fsp3) is 0.714. The van der Waals surface area contributed by atoms with Crippen LogP contribution in [0.4, 0.5) is 0 Å². The van der Waals surface area contributed by atoms with E-state index in [0.29, 0.717) is 12.5 Å². The molecule has 0 amide bonds. The predicted octanol–water partition coefficient (Wildman–Crippen LogP) is 3.16. The normalized spacial score (nSPS) is 17.6. The van der Waals surface area contributed by atoms with Crippen LogP contribution in [0, 0.1) is 5.41 Å². The monoisotopic (exact) mass is 234 g/mol. The second kappa shape index (κ2) is 4.63. The highest BCUT2D eigenvalue weighted by atomic mass is 16.1. The number of Topliss-reactive ketones (excluding diaryl/α,β-unsaturated/α-hetero) is 1. The van der Waals surface area contributed by atoms with Crippen LogP contribution in [0.1, 0.15) is 58.2 Å². The third-order valence-electron chi connectivity index (χ3n) is 3.54. The molecule has 17 heavy (non-hydrogen) atoms. The van der Waals surface area contributed by atoms with Gasteiger partial charge in [0.05, 0.1) is 18.2 Å². The number of hydrogen-bond donors (Lipinski definition) is 0. The van der Waals surface area contributed by atoms with E-state index in [1.165, 1.54) is 25.7 Å². The Balaban J connectivity index is 2.01. The van der Waals surface area contributed by atoms with Crippen LogP contribution in [-0.4, -0.2) is 15.6 Å². The Kier molecular flexibility index (Phi) is 3.36. The van der Waals surface area contributed by atoms with Crippen LogP contribution < -0.4 is 0 Å². The van der Waals surface area contributed by atoms with Crippen LogP contribution >= 0.6 is 0 Å². The summed E-state index contributed by atoms with van der Waals surface area (Å²) < 4.78 is 2.05. The molecule has 0 aromatic carbocycles. The number of rotatable bonds is 3. The first-order valence-electron chi connectivity index (χ1n) is 6.54. The molecule has 0 N–H and O–H groups in total. The lowest BCUT2D eigenvalue weighted by atomic mass is 9.88. The van der Waals surface area contributed by atoms with Gasteiger partial charge in [-0.25, -0.2) is 0 Å². The van der Waals surface area contributed by atoms with Gasteiger partial charge in [-0.2, -0.15) is 5.10 Å². The van der Waals surface area contributed by atoms with Gasteiger partial charge in [-0.3, -0.25) is 9.48 Å². The Hall–Kier alpha value is -1.12. The summed E-state index contributed by atoms with van der Waals surface area (Å²) in [7, 11) is 0. The van der Waals surface area contributed by atoms with Gasteiger partial charge in [-0.1, -0.05) is 33.6 Å². The van der Waals surface area contributed by atoms with E-state index in [9.17, 15) is 4.79 Å². The number of carbonyl (C=O) groups is 1. The van der Waals surface area contributed by atoms with E-state index in [1.807, 2.05) is 33.0 Å². The lowest BCUT2D eigenvalue weighted by Gasteiger charge is -2.15. The molecular weight excluding hydrogens is 212 g/mol. The zero-order chi connectivity index (χ0) is 12.5. The van der Waals surface area contributed by atoms with Gasteiger partial charge in [0.2, 0.25) is 0 Å². The van der Waals surface area contributed by atoms with Crippen LogP contribution in [0.5, 0.6) is 0 Å². The summed E-state index contributed by atoms with van der Waals surface area (Å²) in [6.07, 6.45) is 7.56. The molecule has 2 rings (SSSR count). The summed E-state index contributed by atoms with van der Waals surface area (Å²) in [6, 6.07) is 2.55. The number of carbonyl (C=O) groups excluding carboxylic acids is 1. The van der Waals surface area contributed by atoms with Gasteiger partial charge in [0, 0.05) is 11.6 Å². The number of nitrogens with zero attached hydrogens (tertiary/aromatic N) is 2. The number of hydrogen-bond acceptors (Lipinski definition) is 2. The number of aromatic nitrogens is 2. The van der Waals surface area contributed by atoms with Crippen molar-refractivity contribution in [2.45, 2.75) is 58.9 Å². The van der Waals surface area contributed by atoms with E-state index in [4.69, 9.17) is 0 Å². The van der Waals surface area contributed by atoms with Crippen molar-refractivity contribution in [3.63, 3.8) is 0 Å². The van der Waals surface area contributed by atoms with Crippen molar-refractivity contribution in [3.05, 3.63) is 18.0 Å². The average molecular weight is 234 g/mol. The minimum atomic E-state index is -0.267. The average Bonchev–Trinajstić information content (AvgIpc) is 2.83. The Morgan fingerprint density at radius 1 is 1.41 bits per heavy atom. The highest BCUT2D eigenvalue weighted by Gasteiger charge is 2.23. The molecule has 0 bridgehead atoms. The summed E-state index contributed by atoms with van der Waals surface area (Å²) in [5.41, 5.74) is 0.647. The molecule has 94 valence electrons. The topological polar surface area (TPSA) is 34.9 Å². The van der Waals surface area contributed by atoms with Crippen molar-refractivity contribution >= 4 is 5.78 Å². The molecule has 3 nitrogen and oxygen atoms in total. The first-order chi connectivity index (χ1) is 7.97. The molecule has 1 aromatic heterocycles. The molecule has 1 saturated carbocycles. The predicted molar refractivity (Wildman–Crippen MR) is 67.9 cm³/mol. The maximum atomic E-state index is 11.9. The first kappa shape index (κ1) is 12.3. The standard InChI is InChI=1S/C14H22N2O/c1-14(2,3)13(17)10-11-8-9-16(15-11)12-6-4-5-7-12/h8-9,12H,4-7,10H2,1-3H3. The molecule has 1 heterocycles. The maximum Gasteiger partial charge on any atom is 0.144 e. The Morgan fingerprint density at radius 3 is 2.65 bits per heavy atom. The molecule has 3 heteroatoms. The number of ketones is 1. The molecule has 1 aliphatic carbocycles. The van der Waals surface area contributed by atoms with Gasteiger partial charge in [-0.15, -0.1) is 0 Å². The Bertz CT molecular complexity index is 395. The zero-order valence-corrected chi connectivity index (χ0v) is 11.1. The van der Waals surface area contributed by atoms with Crippen LogP contribution in [0.25, 0.3) is 0 Å². The molecular formula is C14H22N2O. The van der Waals surface area contributed by atoms with Crippen molar-refractivity contribution in [1.82, 2.24) is 9.78 Å². The van der Waals surface area contributed by atoms with Crippen molar-refractivity contribution in [1.29, 1.82) is 0 Å². The molecule has 1 fully saturated rings. The second-order valence-electron chi connectivity index (χ2n) is 6.08. The van der Waals surface area contributed by atoms with Crippen molar-refractivity contribution in [2.75, 3.05) is 0 Å².